The fourth-order valence-corrected chi connectivity index (χ4v) is 5.09. The van der Waals surface area contributed by atoms with Crippen LogP contribution in [-0.2, 0) is 9.53 Å². The molecule has 0 spiro atoms. The first kappa shape index (κ1) is 24.0. The Morgan fingerprint density at radius 2 is 2.00 bits per heavy atom. The molecule has 1 fully saturated rings. The van der Waals surface area contributed by atoms with Crippen LogP contribution in [0.15, 0.2) is 48.7 Å². The van der Waals surface area contributed by atoms with Crippen LogP contribution in [0, 0.1) is 13.8 Å². The summed E-state index contributed by atoms with van der Waals surface area (Å²) in [7, 11) is 3.04. The van der Waals surface area contributed by atoms with Gasteiger partial charge in [0.1, 0.15) is 5.75 Å². The van der Waals surface area contributed by atoms with E-state index < -0.39 is 0 Å². The molecule has 178 valence electrons. The van der Waals surface area contributed by atoms with Crippen molar-refractivity contribution < 1.29 is 14.3 Å². The number of halogens is 1. The number of carbonyl (C=O) groups excluding carboxylic acids is 1. The van der Waals surface area contributed by atoms with Crippen molar-refractivity contribution in [3.8, 4) is 11.4 Å². The van der Waals surface area contributed by atoms with Gasteiger partial charge >= 0.3 is 5.97 Å². The second-order valence-electron chi connectivity index (χ2n) is 8.12. The lowest BCUT2D eigenvalue weighted by Gasteiger charge is -2.28. The summed E-state index contributed by atoms with van der Waals surface area (Å²) in [5.74, 6) is 0.443. The number of nitrogens with zero attached hydrogens (tertiary/aromatic N) is 3. The average Bonchev–Trinajstić information content (AvgIpc) is 3.32. The van der Waals surface area contributed by atoms with Crippen molar-refractivity contribution in [3.05, 3.63) is 76.3 Å². The summed E-state index contributed by atoms with van der Waals surface area (Å²) in [4.78, 5) is 18.6. The van der Waals surface area contributed by atoms with Crippen LogP contribution < -0.4 is 10.1 Å². The van der Waals surface area contributed by atoms with E-state index in [1.165, 1.54) is 7.11 Å². The standard InChI is InChI=1S/C25H27ClN4O3S/c1-15-13-18(16(2)30(15)20-14-17(26)8-9-21(20)32-3)24-23(19-7-5-6-11-27-19)28-25(34)29(24)12-10-22(31)33-4/h5-9,11,13-14,23-24H,10,12H2,1-4H3,(H,28,34)/t23-,24-/m0/s1. The third-order valence-corrected chi connectivity index (χ3v) is 6.74. The van der Waals surface area contributed by atoms with Crippen molar-refractivity contribution in [2.24, 2.45) is 0 Å². The molecular formula is C25H27ClN4O3S. The van der Waals surface area contributed by atoms with Gasteiger partial charge in [0.2, 0.25) is 0 Å². The van der Waals surface area contributed by atoms with Crippen LogP contribution in [0.1, 0.15) is 41.1 Å². The molecule has 0 unspecified atom stereocenters. The van der Waals surface area contributed by atoms with Gasteiger partial charge in [-0.1, -0.05) is 17.7 Å². The number of hydrogen-bond acceptors (Lipinski definition) is 5. The molecule has 1 N–H and O–H groups in total. The maximum Gasteiger partial charge on any atom is 0.307 e. The lowest BCUT2D eigenvalue weighted by atomic mass is 9.96. The molecule has 0 saturated carbocycles. The fourth-order valence-electron chi connectivity index (χ4n) is 4.59. The highest BCUT2D eigenvalue weighted by Gasteiger charge is 2.41. The highest BCUT2D eigenvalue weighted by Crippen LogP contribution is 2.42. The molecule has 1 aliphatic heterocycles. The van der Waals surface area contributed by atoms with E-state index in [0.717, 1.165) is 34.1 Å². The molecule has 1 aromatic carbocycles. The van der Waals surface area contributed by atoms with E-state index in [0.29, 0.717) is 16.7 Å². The molecular weight excluding hydrogens is 472 g/mol. The number of hydrogen-bond donors (Lipinski definition) is 1. The van der Waals surface area contributed by atoms with Gasteiger partial charge in [0, 0.05) is 29.2 Å². The zero-order chi connectivity index (χ0) is 24.4. The van der Waals surface area contributed by atoms with E-state index in [2.05, 4.69) is 27.9 Å². The summed E-state index contributed by atoms with van der Waals surface area (Å²) in [5.41, 5.74) is 4.87. The lowest BCUT2D eigenvalue weighted by molar-refractivity contribution is -0.140. The number of pyridine rings is 1. The Morgan fingerprint density at radius 1 is 1.21 bits per heavy atom. The predicted octanol–water partition coefficient (Wildman–Crippen LogP) is 4.69. The van der Waals surface area contributed by atoms with Gasteiger partial charge in [0.25, 0.3) is 0 Å². The van der Waals surface area contributed by atoms with Crippen LogP contribution in [0.3, 0.4) is 0 Å². The minimum atomic E-state index is -0.281. The number of benzene rings is 1. The summed E-state index contributed by atoms with van der Waals surface area (Å²) in [6, 6.07) is 13.2. The van der Waals surface area contributed by atoms with Crippen molar-refractivity contribution in [2.45, 2.75) is 32.4 Å². The minimum Gasteiger partial charge on any atom is -0.495 e. The molecule has 9 heteroatoms. The Morgan fingerprint density at radius 3 is 2.68 bits per heavy atom. The Hall–Kier alpha value is -3.10. The van der Waals surface area contributed by atoms with Crippen molar-refractivity contribution in [1.82, 2.24) is 19.8 Å². The molecule has 0 bridgehead atoms. The highest BCUT2D eigenvalue weighted by molar-refractivity contribution is 7.80. The molecule has 7 nitrogen and oxygen atoms in total. The molecule has 2 aromatic heterocycles. The van der Waals surface area contributed by atoms with E-state index in [1.807, 2.05) is 48.2 Å². The van der Waals surface area contributed by atoms with Crippen LogP contribution in [0.25, 0.3) is 5.69 Å². The maximum atomic E-state index is 11.9. The number of rotatable bonds is 7. The molecule has 4 rings (SSSR count). The number of aryl methyl sites for hydroxylation is 1. The lowest BCUT2D eigenvalue weighted by Crippen LogP contribution is -2.32. The normalized spacial score (nSPS) is 17.6. The van der Waals surface area contributed by atoms with Crippen LogP contribution in [0.5, 0.6) is 5.75 Å². The van der Waals surface area contributed by atoms with Crippen molar-refractivity contribution >= 4 is 34.9 Å². The first-order chi connectivity index (χ1) is 16.3. The largest absolute Gasteiger partial charge is 0.495 e. The number of esters is 1. The summed E-state index contributed by atoms with van der Waals surface area (Å²) < 4.78 is 12.6. The second kappa shape index (κ2) is 10.0. The van der Waals surface area contributed by atoms with Crippen LogP contribution in [0.2, 0.25) is 5.02 Å². The number of ether oxygens (including phenoxy) is 2. The van der Waals surface area contributed by atoms with Crippen molar-refractivity contribution in [3.63, 3.8) is 0 Å². The zero-order valence-corrected chi connectivity index (χ0v) is 21.1. The maximum absolute atomic E-state index is 11.9. The molecule has 34 heavy (non-hydrogen) atoms. The Kier molecular flexibility index (Phi) is 7.09. The highest BCUT2D eigenvalue weighted by atomic mass is 35.5. The van der Waals surface area contributed by atoms with Crippen LogP contribution in [-0.4, -0.2) is 46.3 Å². The number of aromatic nitrogens is 2. The monoisotopic (exact) mass is 498 g/mol. The van der Waals surface area contributed by atoms with Crippen LogP contribution >= 0.6 is 23.8 Å². The minimum absolute atomic E-state index is 0.169. The average molecular weight is 499 g/mol. The third kappa shape index (κ3) is 4.48. The molecule has 1 saturated heterocycles. The van der Waals surface area contributed by atoms with Gasteiger partial charge in [0.05, 0.1) is 44.1 Å². The molecule has 3 heterocycles. The third-order valence-electron chi connectivity index (χ3n) is 6.15. The van der Waals surface area contributed by atoms with Gasteiger partial charge in [-0.25, -0.2) is 0 Å². The van der Waals surface area contributed by atoms with Gasteiger partial charge in [-0.05, 0) is 68.0 Å². The van der Waals surface area contributed by atoms with Crippen molar-refractivity contribution in [2.75, 3.05) is 20.8 Å². The number of thiocarbonyl (C=S) groups is 1. The van der Waals surface area contributed by atoms with E-state index >= 15 is 0 Å². The quantitative estimate of drug-likeness (QED) is 0.374. The van der Waals surface area contributed by atoms with Gasteiger partial charge in [-0.3, -0.25) is 9.78 Å². The van der Waals surface area contributed by atoms with Gasteiger partial charge < -0.3 is 24.3 Å². The van der Waals surface area contributed by atoms with Crippen LogP contribution in [0.4, 0.5) is 0 Å². The van der Waals surface area contributed by atoms with E-state index in [-0.39, 0.29) is 24.5 Å². The first-order valence-electron chi connectivity index (χ1n) is 10.9. The van der Waals surface area contributed by atoms with Gasteiger partial charge in [0.15, 0.2) is 5.11 Å². The van der Waals surface area contributed by atoms with E-state index in [1.54, 1.807) is 13.3 Å². The Labute approximate surface area is 209 Å². The van der Waals surface area contributed by atoms with E-state index in [9.17, 15) is 4.79 Å². The summed E-state index contributed by atoms with van der Waals surface area (Å²) in [6.45, 7) is 4.54. The topological polar surface area (TPSA) is 68.6 Å². The molecule has 2 atom stereocenters. The zero-order valence-electron chi connectivity index (χ0n) is 19.5. The number of carbonyl (C=O) groups is 1. The van der Waals surface area contributed by atoms with Gasteiger partial charge in [-0.15, -0.1) is 0 Å². The Balaban J connectivity index is 1.83. The number of nitrogens with one attached hydrogen (secondary N) is 1. The smallest absolute Gasteiger partial charge is 0.307 e. The van der Waals surface area contributed by atoms with Crippen molar-refractivity contribution in [1.29, 1.82) is 0 Å². The summed E-state index contributed by atoms with van der Waals surface area (Å²) in [6.07, 6.45) is 2.00. The predicted molar refractivity (Wildman–Crippen MR) is 136 cm³/mol. The molecule has 1 aliphatic rings. The molecule has 3 aromatic rings. The molecule has 0 aliphatic carbocycles. The summed E-state index contributed by atoms with van der Waals surface area (Å²) >= 11 is 12.0. The molecule has 0 radical (unpaired) electrons. The van der Waals surface area contributed by atoms with Gasteiger partial charge in [-0.2, -0.15) is 0 Å². The fraction of sp³-hybridized carbons (Fsp3) is 0.320. The SMILES string of the molecule is COC(=O)CCN1C(=S)N[C@@H](c2ccccn2)[C@@H]1c1cc(C)n(-c2cc(Cl)ccc2OC)c1C. The first-order valence-corrected chi connectivity index (χ1v) is 11.7. The van der Waals surface area contributed by atoms with E-state index in [4.69, 9.17) is 33.3 Å². The number of methoxy groups -OCH3 is 2. The summed E-state index contributed by atoms with van der Waals surface area (Å²) in [5, 5.41) is 4.63. The molecule has 0 amide bonds. The Bertz CT molecular complexity index is 1210. The second-order valence-corrected chi connectivity index (χ2v) is 8.95.